The summed E-state index contributed by atoms with van der Waals surface area (Å²) in [5.41, 5.74) is 1.56. The highest BCUT2D eigenvalue weighted by atomic mass is 16.5. The van der Waals surface area contributed by atoms with Crippen molar-refractivity contribution in [3.05, 3.63) is 36.4 Å². The molecule has 0 saturated carbocycles. The van der Waals surface area contributed by atoms with Gasteiger partial charge < -0.3 is 18.9 Å². The zero-order valence-electron chi connectivity index (χ0n) is 26.2. The number of hydrogen-bond acceptors (Lipinski definition) is 8. The molecule has 0 atom stereocenters. The van der Waals surface area contributed by atoms with E-state index >= 15 is 0 Å². The topological polar surface area (TPSA) is 88.5 Å². The molecule has 0 unspecified atom stereocenters. The van der Waals surface area contributed by atoms with Crippen molar-refractivity contribution >= 4 is 0 Å². The summed E-state index contributed by atoms with van der Waals surface area (Å²) in [6.45, 7) is 11.3. The van der Waals surface area contributed by atoms with Crippen molar-refractivity contribution in [2.75, 3.05) is 26.4 Å². The predicted octanol–water partition coefficient (Wildman–Crippen LogP) is 8.88. The highest BCUT2D eigenvalue weighted by molar-refractivity contribution is 5.63. The second kappa shape index (κ2) is 19.7. The van der Waals surface area contributed by atoms with E-state index in [9.17, 15) is 0 Å². The van der Waals surface area contributed by atoms with Gasteiger partial charge in [-0.1, -0.05) is 79.1 Å². The molecule has 2 aromatic carbocycles. The first-order chi connectivity index (χ1) is 20.7. The molecule has 0 radical (unpaired) electrons. The van der Waals surface area contributed by atoms with Crippen LogP contribution in [0.4, 0.5) is 0 Å². The van der Waals surface area contributed by atoms with Crippen LogP contribution in [0.5, 0.6) is 23.0 Å². The van der Waals surface area contributed by atoms with Crippen molar-refractivity contribution in [1.82, 2.24) is 20.4 Å². The highest BCUT2D eigenvalue weighted by Gasteiger charge is 2.14. The normalized spacial score (nSPS) is 11.0. The van der Waals surface area contributed by atoms with Crippen molar-refractivity contribution in [3.8, 4) is 45.8 Å². The van der Waals surface area contributed by atoms with Gasteiger partial charge in [0.25, 0.3) is 0 Å². The molecule has 0 saturated heterocycles. The fourth-order valence-corrected chi connectivity index (χ4v) is 4.36. The Hall–Kier alpha value is -3.42. The molecule has 0 bridgehead atoms. The fourth-order valence-electron chi connectivity index (χ4n) is 4.36. The van der Waals surface area contributed by atoms with E-state index in [2.05, 4.69) is 48.1 Å². The van der Waals surface area contributed by atoms with Gasteiger partial charge >= 0.3 is 0 Å². The lowest BCUT2D eigenvalue weighted by molar-refractivity contribution is 0.259. The van der Waals surface area contributed by atoms with Gasteiger partial charge in [0.2, 0.25) is 11.6 Å². The Bertz CT molecular complexity index is 1070. The van der Waals surface area contributed by atoms with Crippen LogP contribution in [0.1, 0.15) is 105 Å². The maximum Gasteiger partial charge on any atom is 0.203 e. The van der Waals surface area contributed by atoms with Crippen LogP contribution in [-0.4, -0.2) is 46.8 Å². The minimum absolute atomic E-state index is 0.432. The van der Waals surface area contributed by atoms with Crippen LogP contribution >= 0.6 is 0 Å². The molecular weight excluding hydrogens is 528 g/mol. The maximum atomic E-state index is 6.12. The average molecular weight is 579 g/mol. The van der Waals surface area contributed by atoms with E-state index in [1.54, 1.807) is 0 Å². The molecule has 230 valence electrons. The van der Waals surface area contributed by atoms with Crippen LogP contribution in [0.15, 0.2) is 36.4 Å². The van der Waals surface area contributed by atoms with Crippen LogP contribution < -0.4 is 18.9 Å². The third kappa shape index (κ3) is 11.1. The molecule has 42 heavy (non-hydrogen) atoms. The molecule has 0 aliphatic rings. The second-order valence-corrected chi connectivity index (χ2v) is 10.6. The van der Waals surface area contributed by atoms with Gasteiger partial charge in [0, 0.05) is 11.1 Å². The van der Waals surface area contributed by atoms with Crippen molar-refractivity contribution in [3.63, 3.8) is 0 Å². The molecule has 0 aliphatic heterocycles. The van der Waals surface area contributed by atoms with Crippen molar-refractivity contribution in [2.24, 2.45) is 0 Å². The van der Waals surface area contributed by atoms with Gasteiger partial charge in [0.15, 0.2) is 23.0 Å². The zero-order valence-corrected chi connectivity index (χ0v) is 26.2. The smallest absolute Gasteiger partial charge is 0.203 e. The summed E-state index contributed by atoms with van der Waals surface area (Å²) in [7, 11) is 0. The second-order valence-electron chi connectivity index (χ2n) is 10.6. The van der Waals surface area contributed by atoms with Crippen LogP contribution in [-0.2, 0) is 0 Å². The number of hydrogen-bond donors (Lipinski definition) is 0. The SMILES string of the molecule is CCCCCOc1ccc(-c2nnc(-c3ccc(OCCCCC)c(OCCCCC)c3)nn2)cc1OCCCCC. The Balaban J connectivity index is 1.77. The summed E-state index contributed by atoms with van der Waals surface area (Å²) in [5.74, 6) is 3.75. The average Bonchev–Trinajstić information content (AvgIpc) is 3.02. The maximum absolute atomic E-state index is 6.12. The lowest BCUT2D eigenvalue weighted by Gasteiger charge is -2.14. The number of ether oxygens (including phenoxy) is 4. The first-order valence-electron chi connectivity index (χ1n) is 16.1. The van der Waals surface area contributed by atoms with Crippen LogP contribution in [0.2, 0.25) is 0 Å². The van der Waals surface area contributed by atoms with E-state index in [0.717, 1.165) is 99.7 Å². The molecule has 0 N–H and O–H groups in total. The molecule has 3 aromatic rings. The lowest BCUT2D eigenvalue weighted by atomic mass is 10.2. The summed E-state index contributed by atoms with van der Waals surface area (Å²) in [6, 6.07) is 11.6. The van der Waals surface area contributed by atoms with Gasteiger partial charge in [0.05, 0.1) is 26.4 Å². The summed E-state index contributed by atoms with van der Waals surface area (Å²) in [5, 5.41) is 17.6. The van der Waals surface area contributed by atoms with Gasteiger partial charge in [-0.15, -0.1) is 20.4 Å². The third-order valence-electron chi connectivity index (χ3n) is 6.90. The standard InChI is InChI=1S/C34H50N4O4/c1-5-9-13-21-39-29-19-17-27(25-31(29)41-23-15-11-7-3)33-35-37-34(38-36-33)28-18-20-30(40-22-14-10-6-2)32(26-28)42-24-16-12-8-4/h17-20,25-26H,5-16,21-24H2,1-4H3. The molecular formula is C34H50N4O4. The van der Waals surface area contributed by atoms with E-state index in [0.29, 0.717) is 49.6 Å². The van der Waals surface area contributed by atoms with Gasteiger partial charge in [-0.2, -0.15) is 0 Å². The summed E-state index contributed by atoms with van der Waals surface area (Å²) in [4.78, 5) is 0. The largest absolute Gasteiger partial charge is 0.490 e. The van der Waals surface area contributed by atoms with Crippen LogP contribution in [0.3, 0.4) is 0 Å². The molecule has 0 fully saturated rings. The first-order valence-corrected chi connectivity index (χ1v) is 16.1. The summed E-state index contributed by atoms with van der Waals surface area (Å²) in [6.07, 6.45) is 13.2. The quantitative estimate of drug-likeness (QED) is 0.109. The number of aromatic nitrogens is 4. The molecule has 1 heterocycles. The van der Waals surface area contributed by atoms with Gasteiger partial charge in [-0.25, -0.2) is 0 Å². The van der Waals surface area contributed by atoms with Gasteiger partial charge in [-0.3, -0.25) is 0 Å². The molecule has 1 aromatic heterocycles. The monoisotopic (exact) mass is 578 g/mol. The van der Waals surface area contributed by atoms with Crippen LogP contribution in [0, 0.1) is 0 Å². The van der Waals surface area contributed by atoms with Crippen molar-refractivity contribution < 1.29 is 18.9 Å². The Labute approximate surface area is 252 Å². The Morgan fingerprint density at radius 3 is 1.02 bits per heavy atom. The van der Waals surface area contributed by atoms with Gasteiger partial charge in [-0.05, 0) is 62.1 Å². The van der Waals surface area contributed by atoms with Crippen LogP contribution in [0.25, 0.3) is 22.8 Å². The van der Waals surface area contributed by atoms with E-state index in [4.69, 9.17) is 18.9 Å². The molecule has 8 heteroatoms. The number of nitrogens with zero attached hydrogens (tertiary/aromatic N) is 4. The Kier molecular flexibility index (Phi) is 15.5. The highest BCUT2D eigenvalue weighted by Crippen LogP contribution is 2.34. The fraction of sp³-hybridized carbons (Fsp3) is 0.588. The van der Waals surface area contributed by atoms with Crippen molar-refractivity contribution in [1.29, 1.82) is 0 Å². The van der Waals surface area contributed by atoms with E-state index in [1.165, 1.54) is 0 Å². The van der Waals surface area contributed by atoms with Gasteiger partial charge in [0.1, 0.15) is 0 Å². The molecule has 0 spiro atoms. The number of unbranched alkanes of at least 4 members (excludes halogenated alkanes) is 8. The molecule has 0 amide bonds. The lowest BCUT2D eigenvalue weighted by Crippen LogP contribution is -2.05. The van der Waals surface area contributed by atoms with Crippen molar-refractivity contribution in [2.45, 2.75) is 105 Å². The number of rotatable bonds is 22. The molecule has 8 nitrogen and oxygen atoms in total. The van der Waals surface area contributed by atoms with E-state index in [-0.39, 0.29) is 0 Å². The van der Waals surface area contributed by atoms with E-state index in [1.807, 2.05) is 36.4 Å². The minimum atomic E-state index is 0.432. The third-order valence-corrected chi connectivity index (χ3v) is 6.90. The Morgan fingerprint density at radius 2 is 0.714 bits per heavy atom. The number of benzene rings is 2. The summed E-state index contributed by atoms with van der Waals surface area (Å²) >= 11 is 0. The molecule has 3 rings (SSSR count). The molecule has 0 aliphatic carbocycles. The zero-order chi connectivity index (χ0) is 29.8. The van der Waals surface area contributed by atoms with E-state index < -0.39 is 0 Å². The summed E-state index contributed by atoms with van der Waals surface area (Å²) < 4.78 is 24.3. The minimum Gasteiger partial charge on any atom is -0.490 e. The Morgan fingerprint density at radius 1 is 0.405 bits per heavy atom. The first kappa shape index (κ1) is 33.1. The predicted molar refractivity (Wildman–Crippen MR) is 169 cm³/mol.